The Hall–Kier alpha value is -1.75. The number of hydrogen-bond acceptors (Lipinski definition) is 3. The fourth-order valence-corrected chi connectivity index (χ4v) is 1.35. The number of nitrogens with zero attached hydrogens (tertiary/aromatic N) is 2. The average Bonchev–Trinajstić information content (AvgIpc) is 2.67. The van der Waals surface area contributed by atoms with Gasteiger partial charge in [-0.25, -0.2) is 4.39 Å². The zero-order chi connectivity index (χ0) is 10.8. The lowest BCUT2D eigenvalue weighted by Gasteiger charge is -2.02. The van der Waals surface area contributed by atoms with E-state index in [1.54, 1.807) is 19.1 Å². The second-order valence-electron chi connectivity index (χ2n) is 3.24. The van der Waals surface area contributed by atoms with E-state index in [4.69, 9.17) is 0 Å². The second-order valence-corrected chi connectivity index (χ2v) is 3.24. The van der Waals surface area contributed by atoms with Gasteiger partial charge in [0.1, 0.15) is 17.2 Å². The zero-order valence-corrected chi connectivity index (χ0v) is 8.11. The molecule has 2 N–H and O–H groups in total. The molecule has 0 aliphatic heterocycles. The highest BCUT2D eigenvalue weighted by Crippen LogP contribution is 2.23. The third kappa shape index (κ3) is 1.87. The van der Waals surface area contributed by atoms with E-state index in [1.165, 1.54) is 12.1 Å². The number of aromatic amines is 1. The lowest BCUT2D eigenvalue weighted by atomic mass is 10.1. The number of aliphatic hydroxyl groups excluding tert-OH is 1. The first kappa shape index (κ1) is 9.79. The maximum absolute atomic E-state index is 12.7. The molecule has 1 heterocycles. The standard InChI is InChI=1S/C10H10FN3O/c1-6(15)9-10(13-14-12-9)7-2-4-8(11)5-3-7/h2-6,15H,1H3,(H,12,13,14). The first-order chi connectivity index (χ1) is 7.18. The maximum atomic E-state index is 12.7. The Morgan fingerprint density at radius 3 is 2.53 bits per heavy atom. The molecule has 0 fully saturated rings. The number of rotatable bonds is 2. The van der Waals surface area contributed by atoms with Gasteiger partial charge in [-0.15, -0.1) is 0 Å². The van der Waals surface area contributed by atoms with Gasteiger partial charge in [-0.05, 0) is 31.2 Å². The molecule has 0 amide bonds. The van der Waals surface area contributed by atoms with Gasteiger partial charge >= 0.3 is 0 Å². The molecule has 0 aliphatic rings. The molecule has 0 aliphatic carbocycles. The molecule has 0 spiro atoms. The van der Waals surface area contributed by atoms with E-state index < -0.39 is 6.10 Å². The third-order valence-electron chi connectivity index (χ3n) is 2.09. The summed E-state index contributed by atoms with van der Waals surface area (Å²) in [7, 11) is 0. The van der Waals surface area contributed by atoms with Gasteiger partial charge in [0, 0.05) is 5.56 Å². The van der Waals surface area contributed by atoms with Crippen molar-refractivity contribution in [1.82, 2.24) is 15.4 Å². The van der Waals surface area contributed by atoms with E-state index in [2.05, 4.69) is 15.4 Å². The number of benzene rings is 1. The lowest BCUT2D eigenvalue weighted by molar-refractivity contribution is 0.195. The van der Waals surface area contributed by atoms with Gasteiger partial charge in [-0.3, -0.25) is 0 Å². The average molecular weight is 207 g/mol. The number of nitrogens with one attached hydrogen (secondary N) is 1. The Kier molecular flexibility index (Phi) is 2.47. The molecular weight excluding hydrogens is 197 g/mol. The highest BCUT2D eigenvalue weighted by atomic mass is 19.1. The quantitative estimate of drug-likeness (QED) is 0.787. The molecule has 2 aromatic rings. The molecule has 1 unspecified atom stereocenters. The van der Waals surface area contributed by atoms with E-state index in [0.717, 1.165) is 5.56 Å². The minimum absolute atomic E-state index is 0.305. The molecule has 4 nitrogen and oxygen atoms in total. The van der Waals surface area contributed by atoms with Crippen LogP contribution in [0.25, 0.3) is 11.3 Å². The Morgan fingerprint density at radius 2 is 1.93 bits per heavy atom. The van der Waals surface area contributed by atoms with Crippen molar-refractivity contribution in [3.63, 3.8) is 0 Å². The van der Waals surface area contributed by atoms with E-state index in [-0.39, 0.29) is 5.82 Å². The molecule has 0 radical (unpaired) electrons. The Balaban J connectivity index is 2.45. The molecule has 0 saturated carbocycles. The van der Waals surface area contributed by atoms with E-state index in [1.807, 2.05) is 0 Å². The molecule has 5 heteroatoms. The topological polar surface area (TPSA) is 61.8 Å². The summed E-state index contributed by atoms with van der Waals surface area (Å²) in [6.07, 6.45) is -0.705. The van der Waals surface area contributed by atoms with Crippen LogP contribution < -0.4 is 0 Å². The van der Waals surface area contributed by atoms with E-state index in [9.17, 15) is 9.50 Å². The van der Waals surface area contributed by atoms with Gasteiger partial charge < -0.3 is 5.11 Å². The normalized spacial score (nSPS) is 12.7. The Bertz CT molecular complexity index is 450. The summed E-state index contributed by atoms with van der Waals surface area (Å²) in [4.78, 5) is 0. The summed E-state index contributed by atoms with van der Waals surface area (Å²) in [6, 6.07) is 5.88. The summed E-state index contributed by atoms with van der Waals surface area (Å²) < 4.78 is 12.7. The highest BCUT2D eigenvalue weighted by molar-refractivity contribution is 5.61. The van der Waals surface area contributed by atoms with Gasteiger partial charge in [-0.2, -0.15) is 15.4 Å². The van der Waals surface area contributed by atoms with Gasteiger partial charge in [0.05, 0.1) is 6.10 Å². The molecule has 1 aromatic heterocycles. The molecule has 0 saturated heterocycles. The predicted octanol–water partition coefficient (Wildman–Crippen LogP) is 1.66. The van der Waals surface area contributed by atoms with Gasteiger partial charge in [-0.1, -0.05) is 0 Å². The molecule has 0 bridgehead atoms. The van der Waals surface area contributed by atoms with Crippen LogP contribution in [0.5, 0.6) is 0 Å². The molecule has 2 rings (SSSR count). The van der Waals surface area contributed by atoms with Crippen LogP contribution in [0.3, 0.4) is 0 Å². The van der Waals surface area contributed by atoms with Crippen LogP contribution in [0.15, 0.2) is 24.3 Å². The van der Waals surface area contributed by atoms with Crippen molar-refractivity contribution in [1.29, 1.82) is 0 Å². The summed E-state index contributed by atoms with van der Waals surface area (Å²) in [5.74, 6) is -0.305. The maximum Gasteiger partial charge on any atom is 0.123 e. The fraction of sp³-hybridized carbons (Fsp3) is 0.200. The van der Waals surface area contributed by atoms with Crippen LogP contribution in [0.4, 0.5) is 4.39 Å². The van der Waals surface area contributed by atoms with Crippen molar-refractivity contribution in [3.05, 3.63) is 35.8 Å². The monoisotopic (exact) mass is 207 g/mol. The van der Waals surface area contributed by atoms with E-state index in [0.29, 0.717) is 11.4 Å². The van der Waals surface area contributed by atoms with Crippen molar-refractivity contribution in [2.24, 2.45) is 0 Å². The lowest BCUT2D eigenvalue weighted by Crippen LogP contribution is -1.94. The molecule has 78 valence electrons. The van der Waals surface area contributed by atoms with Crippen LogP contribution in [-0.2, 0) is 0 Å². The van der Waals surface area contributed by atoms with Gasteiger partial charge in [0.15, 0.2) is 0 Å². The highest BCUT2D eigenvalue weighted by Gasteiger charge is 2.14. The first-order valence-electron chi connectivity index (χ1n) is 4.53. The first-order valence-corrected chi connectivity index (χ1v) is 4.53. The molecule has 1 atom stereocenters. The van der Waals surface area contributed by atoms with Crippen LogP contribution in [-0.4, -0.2) is 20.5 Å². The smallest absolute Gasteiger partial charge is 0.123 e. The molecular formula is C10H10FN3O. The van der Waals surface area contributed by atoms with Crippen molar-refractivity contribution in [2.75, 3.05) is 0 Å². The largest absolute Gasteiger partial charge is 0.387 e. The fourth-order valence-electron chi connectivity index (χ4n) is 1.35. The summed E-state index contributed by atoms with van der Waals surface area (Å²) in [5.41, 5.74) is 1.73. The van der Waals surface area contributed by atoms with Crippen molar-refractivity contribution >= 4 is 0 Å². The van der Waals surface area contributed by atoms with Crippen molar-refractivity contribution in [3.8, 4) is 11.3 Å². The summed E-state index contributed by atoms with van der Waals surface area (Å²) in [5, 5.41) is 19.6. The zero-order valence-electron chi connectivity index (χ0n) is 8.11. The molecule has 1 aromatic carbocycles. The number of halogens is 1. The van der Waals surface area contributed by atoms with Gasteiger partial charge in [0.25, 0.3) is 0 Å². The van der Waals surface area contributed by atoms with Crippen molar-refractivity contribution < 1.29 is 9.50 Å². The number of hydrogen-bond donors (Lipinski definition) is 2. The van der Waals surface area contributed by atoms with Crippen molar-refractivity contribution in [2.45, 2.75) is 13.0 Å². The number of aliphatic hydroxyl groups is 1. The third-order valence-corrected chi connectivity index (χ3v) is 2.09. The van der Waals surface area contributed by atoms with E-state index >= 15 is 0 Å². The number of H-pyrrole nitrogens is 1. The van der Waals surface area contributed by atoms with Crippen LogP contribution in [0.1, 0.15) is 18.7 Å². The van der Waals surface area contributed by atoms with Crippen LogP contribution >= 0.6 is 0 Å². The minimum Gasteiger partial charge on any atom is -0.387 e. The Labute approximate surface area is 85.8 Å². The molecule has 15 heavy (non-hydrogen) atoms. The van der Waals surface area contributed by atoms with Crippen LogP contribution in [0.2, 0.25) is 0 Å². The second kappa shape index (κ2) is 3.78. The summed E-state index contributed by atoms with van der Waals surface area (Å²) >= 11 is 0. The Morgan fingerprint density at radius 1 is 1.27 bits per heavy atom. The van der Waals surface area contributed by atoms with Gasteiger partial charge in [0.2, 0.25) is 0 Å². The number of aromatic nitrogens is 3. The minimum atomic E-state index is -0.705. The predicted molar refractivity (Wildman–Crippen MR) is 52.4 cm³/mol. The van der Waals surface area contributed by atoms with Crippen LogP contribution in [0, 0.1) is 5.82 Å². The summed E-state index contributed by atoms with van der Waals surface area (Å²) in [6.45, 7) is 1.60. The SMILES string of the molecule is CC(O)c1n[nH]nc1-c1ccc(F)cc1.